The lowest BCUT2D eigenvalue weighted by atomic mass is 9.93. The van der Waals surface area contributed by atoms with E-state index in [-0.39, 0.29) is 0 Å². The summed E-state index contributed by atoms with van der Waals surface area (Å²) in [5, 5.41) is 8.65. The average Bonchev–Trinajstić information content (AvgIpc) is 2.70. The molecule has 140 valence electrons. The molecule has 2 aromatic carbocycles. The van der Waals surface area contributed by atoms with Crippen LogP contribution in [0, 0.1) is 0 Å². The average molecular weight is 354 g/mol. The fraction of sp³-hybridized carbons (Fsp3) is 0.435. The molecule has 0 amide bonds. The van der Waals surface area contributed by atoms with Crippen molar-refractivity contribution in [2.24, 2.45) is 0 Å². The van der Waals surface area contributed by atoms with Crippen molar-refractivity contribution in [1.29, 1.82) is 0 Å². The van der Waals surface area contributed by atoms with Crippen LogP contribution in [-0.2, 0) is 11.3 Å². The summed E-state index contributed by atoms with van der Waals surface area (Å²) in [6.07, 6.45) is 11.1. The van der Waals surface area contributed by atoms with Crippen LogP contribution < -0.4 is 0 Å². The van der Waals surface area contributed by atoms with Gasteiger partial charge in [0.1, 0.15) is 0 Å². The lowest BCUT2D eigenvalue weighted by Gasteiger charge is -2.11. The van der Waals surface area contributed by atoms with Gasteiger partial charge in [0.05, 0.1) is 5.56 Å². The molecule has 0 spiro atoms. The maximum Gasteiger partial charge on any atom is 0.372 e. The minimum absolute atomic E-state index is 0.391. The van der Waals surface area contributed by atoms with Crippen LogP contribution in [0.15, 0.2) is 48.5 Å². The first-order valence-corrected chi connectivity index (χ1v) is 9.80. The van der Waals surface area contributed by atoms with E-state index in [1.807, 2.05) is 30.3 Å². The topological polar surface area (TPSA) is 46.5 Å². The number of hydrogen-bond acceptors (Lipinski definition) is 3. The second-order valence-electron chi connectivity index (χ2n) is 6.84. The molecule has 0 bridgehead atoms. The van der Waals surface area contributed by atoms with Crippen molar-refractivity contribution in [3.8, 4) is 11.1 Å². The zero-order valence-electron chi connectivity index (χ0n) is 15.7. The lowest BCUT2D eigenvalue weighted by molar-refractivity contribution is -0.182. The first-order chi connectivity index (χ1) is 12.8. The molecule has 0 atom stereocenters. The van der Waals surface area contributed by atoms with Gasteiger partial charge in [-0.1, -0.05) is 88.3 Å². The number of aryl methyl sites for hydroxylation is 1. The van der Waals surface area contributed by atoms with Gasteiger partial charge in [0.15, 0.2) is 0 Å². The zero-order chi connectivity index (χ0) is 18.6. The van der Waals surface area contributed by atoms with E-state index in [9.17, 15) is 4.79 Å². The van der Waals surface area contributed by atoms with Gasteiger partial charge in [0.25, 0.3) is 0 Å². The molecule has 0 saturated carbocycles. The predicted octanol–water partition coefficient (Wildman–Crippen LogP) is 6.67. The van der Waals surface area contributed by atoms with E-state index in [0.717, 1.165) is 29.5 Å². The number of carbonyl (C=O) groups is 1. The Kier molecular flexibility index (Phi) is 8.91. The van der Waals surface area contributed by atoms with Crippen LogP contribution in [0.3, 0.4) is 0 Å². The van der Waals surface area contributed by atoms with Crippen molar-refractivity contribution in [3.05, 3.63) is 59.7 Å². The SMILES string of the molecule is CCCCCCCCCCc1cc(C(=O)OO)ccc1-c1ccccc1. The van der Waals surface area contributed by atoms with Crippen molar-refractivity contribution < 1.29 is 14.9 Å². The first kappa shape index (κ1) is 20.2. The van der Waals surface area contributed by atoms with E-state index in [1.165, 1.54) is 44.9 Å². The molecular weight excluding hydrogens is 324 g/mol. The van der Waals surface area contributed by atoms with Crippen LogP contribution in [0.4, 0.5) is 0 Å². The predicted molar refractivity (Wildman–Crippen MR) is 106 cm³/mol. The Bertz CT molecular complexity index is 664. The smallest absolute Gasteiger partial charge is 0.296 e. The largest absolute Gasteiger partial charge is 0.372 e. The molecule has 0 saturated heterocycles. The number of hydrogen-bond donors (Lipinski definition) is 1. The quantitative estimate of drug-likeness (QED) is 0.278. The maximum atomic E-state index is 11.6. The highest BCUT2D eigenvalue weighted by Crippen LogP contribution is 2.26. The summed E-state index contributed by atoms with van der Waals surface area (Å²) in [6, 6.07) is 15.7. The van der Waals surface area contributed by atoms with E-state index in [2.05, 4.69) is 23.9 Å². The summed E-state index contributed by atoms with van der Waals surface area (Å²) in [4.78, 5) is 15.5. The standard InChI is InChI=1S/C23H30O3/c1-2-3-4-5-6-7-8-10-15-20-18-21(23(24)26-25)16-17-22(20)19-13-11-9-12-14-19/h9,11-14,16-18,25H,2-8,10,15H2,1H3. The molecule has 0 aliphatic carbocycles. The summed E-state index contributed by atoms with van der Waals surface area (Å²) in [6.45, 7) is 2.24. The molecule has 0 aliphatic heterocycles. The van der Waals surface area contributed by atoms with E-state index < -0.39 is 5.97 Å². The van der Waals surface area contributed by atoms with Crippen LogP contribution in [-0.4, -0.2) is 11.2 Å². The van der Waals surface area contributed by atoms with E-state index in [0.29, 0.717) is 5.56 Å². The Hall–Kier alpha value is -2.13. The fourth-order valence-corrected chi connectivity index (χ4v) is 3.33. The monoisotopic (exact) mass is 354 g/mol. The van der Waals surface area contributed by atoms with Gasteiger partial charge in [-0.15, -0.1) is 0 Å². The zero-order valence-corrected chi connectivity index (χ0v) is 15.7. The summed E-state index contributed by atoms with van der Waals surface area (Å²) < 4.78 is 0. The Morgan fingerprint density at radius 1 is 0.885 bits per heavy atom. The molecule has 0 aromatic heterocycles. The highest BCUT2D eigenvalue weighted by molar-refractivity contribution is 5.90. The second-order valence-corrected chi connectivity index (χ2v) is 6.84. The van der Waals surface area contributed by atoms with Gasteiger partial charge in [-0.3, -0.25) is 4.89 Å². The molecule has 2 rings (SSSR count). The molecule has 0 unspecified atom stereocenters. The molecule has 0 aliphatic rings. The lowest BCUT2D eigenvalue weighted by Crippen LogP contribution is -2.03. The van der Waals surface area contributed by atoms with Crippen LogP contribution >= 0.6 is 0 Å². The molecule has 0 radical (unpaired) electrons. The van der Waals surface area contributed by atoms with Gasteiger partial charge in [-0.2, -0.15) is 5.26 Å². The molecular formula is C23H30O3. The summed E-state index contributed by atoms with van der Waals surface area (Å²) >= 11 is 0. The molecule has 26 heavy (non-hydrogen) atoms. The highest BCUT2D eigenvalue weighted by Gasteiger charge is 2.12. The number of unbranched alkanes of at least 4 members (excludes halogenated alkanes) is 7. The highest BCUT2D eigenvalue weighted by atomic mass is 17.1. The minimum atomic E-state index is -0.707. The third-order valence-electron chi connectivity index (χ3n) is 4.81. The molecule has 3 heteroatoms. The van der Waals surface area contributed by atoms with Crippen molar-refractivity contribution in [2.75, 3.05) is 0 Å². The van der Waals surface area contributed by atoms with Gasteiger partial charge >= 0.3 is 5.97 Å². The minimum Gasteiger partial charge on any atom is -0.296 e. The number of rotatable bonds is 11. The second kappa shape index (κ2) is 11.5. The molecule has 0 fully saturated rings. The Morgan fingerprint density at radius 3 is 2.19 bits per heavy atom. The van der Waals surface area contributed by atoms with Gasteiger partial charge < -0.3 is 0 Å². The molecule has 3 nitrogen and oxygen atoms in total. The maximum absolute atomic E-state index is 11.6. The van der Waals surface area contributed by atoms with Crippen LogP contribution in [0.2, 0.25) is 0 Å². The summed E-state index contributed by atoms with van der Waals surface area (Å²) in [5.41, 5.74) is 3.81. The number of carbonyl (C=O) groups excluding carboxylic acids is 1. The third kappa shape index (κ3) is 6.30. The van der Waals surface area contributed by atoms with Crippen molar-refractivity contribution in [2.45, 2.75) is 64.7 Å². The van der Waals surface area contributed by atoms with Gasteiger partial charge in [0, 0.05) is 0 Å². The van der Waals surface area contributed by atoms with Crippen LogP contribution in [0.5, 0.6) is 0 Å². The number of benzene rings is 2. The van der Waals surface area contributed by atoms with Crippen molar-refractivity contribution in [3.63, 3.8) is 0 Å². The molecule has 0 heterocycles. The normalized spacial score (nSPS) is 10.7. The van der Waals surface area contributed by atoms with E-state index in [1.54, 1.807) is 6.07 Å². The van der Waals surface area contributed by atoms with Crippen molar-refractivity contribution >= 4 is 5.97 Å². The Balaban J connectivity index is 1.98. The van der Waals surface area contributed by atoms with Gasteiger partial charge in [-0.25, -0.2) is 4.79 Å². The third-order valence-corrected chi connectivity index (χ3v) is 4.81. The Labute approximate surface area is 157 Å². The first-order valence-electron chi connectivity index (χ1n) is 9.80. The van der Waals surface area contributed by atoms with Crippen molar-refractivity contribution in [1.82, 2.24) is 0 Å². The van der Waals surface area contributed by atoms with Gasteiger partial charge in [-0.05, 0) is 41.7 Å². The van der Waals surface area contributed by atoms with E-state index >= 15 is 0 Å². The molecule has 1 N–H and O–H groups in total. The molecule has 2 aromatic rings. The summed E-state index contributed by atoms with van der Waals surface area (Å²) in [7, 11) is 0. The van der Waals surface area contributed by atoms with Crippen LogP contribution in [0.25, 0.3) is 11.1 Å². The summed E-state index contributed by atoms with van der Waals surface area (Å²) in [5.74, 6) is -0.707. The Morgan fingerprint density at radius 2 is 1.54 bits per heavy atom. The van der Waals surface area contributed by atoms with E-state index in [4.69, 9.17) is 5.26 Å². The van der Waals surface area contributed by atoms with Crippen LogP contribution in [0.1, 0.15) is 74.2 Å². The fourth-order valence-electron chi connectivity index (χ4n) is 3.33. The van der Waals surface area contributed by atoms with Gasteiger partial charge in [0.2, 0.25) is 0 Å².